The fraction of sp³-hybridized carbons (Fsp3) is 0.286. The molecule has 3 aromatic carbocycles. The second-order valence-corrected chi connectivity index (χ2v) is 9.24. The van der Waals surface area contributed by atoms with Crippen molar-refractivity contribution >= 4 is 29.3 Å². The molecule has 0 aliphatic carbocycles. The Balaban J connectivity index is 1.28. The number of aliphatic hydroxyl groups excluding tert-OH is 1. The number of rotatable bonds is 13. The highest BCUT2D eigenvalue weighted by Crippen LogP contribution is 2.27. The zero-order chi connectivity index (χ0) is 24.0. The number of amides is 2. The standard InChI is InChI=1S/C28H32N2O3S/c31-20-26(23-13-6-2-7-14-23)34-21-28(33)29-18-9-3-8-17-27(32)30-25-16-10-15-24(19-25)22-11-4-1-5-12-22/h1-2,4-7,10-16,19,26,31H,3,8-9,17-18,20-21H2,(H,29,33)(H,30,32). The van der Waals surface area contributed by atoms with E-state index >= 15 is 0 Å². The summed E-state index contributed by atoms with van der Waals surface area (Å²) in [6.45, 7) is 0.593. The lowest BCUT2D eigenvalue weighted by Crippen LogP contribution is -2.26. The third kappa shape index (κ3) is 8.69. The van der Waals surface area contributed by atoms with Gasteiger partial charge in [0, 0.05) is 18.7 Å². The lowest BCUT2D eigenvalue weighted by molar-refractivity contribution is -0.118. The van der Waals surface area contributed by atoms with Crippen molar-refractivity contribution < 1.29 is 14.7 Å². The fourth-order valence-electron chi connectivity index (χ4n) is 3.60. The Bertz CT molecular complexity index is 1030. The van der Waals surface area contributed by atoms with Gasteiger partial charge in [0.15, 0.2) is 0 Å². The van der Waals surface area contributed by atoms with Crippen molar-refractivity contribution in [3.8, 4) is 11.1 Å². The van der Waals surface area contributed by atoms with Crippen molar-refractivity contribution in [3.63, 3.8) is 0 Å². The molecule has 0 aliphatic heterocycles. The Hall–Kier alpha value is -3.09. The van der Waals surface area contributed by atoms with Gasteiger partial charge >= 0.3 is 0 Å². The molecule has 0 radical (unpaired) electrons. The molecule has 0 aromatic heterocycles. The molecule has 6 heteroatoms. The first kappa shape index (κ1) is 25.5. The predicted octanol–water partition coefficient (Wildman–Crippen LogP) is 5.44. The Morgan fingerprint density at radius 3 is 2.24 bits per heavy atom. The maximum absolute atomic E-state index is 12.3. The molecule has 2 amide bonds. The summed E-state index contributed by atoms with van der Waals surface area (Å²) >= 11 is 1.44. The third-order valence-corrected chi connectivity index (χ3v) is 6.66. The number of hydrogen-bond acceptors (Lipinski definition) is 4. The SMILES string of the molecule is O=C(CSC(CO)c1ccccc1)NCCCCCC(=O)Nc1cccc(-c2ccccc2)c1. The number of carbonyl (C=O) groups excluding carboxylic acids is 2. The number of benzene rings is 3. The molecule has 3 aromatic rings. The minimum absolute atomic E-state index is 0.000569. The van der Waals surface area contributed by atoms with Gasteiger partial charge in [0.2, 0.25) is 11.8 Å². The second-order valence-electron chi connectivity index (χ2n) is 8.05. The van der Waals surface area contributed by atoms with Gasteiger partial charge in [-0.2, -0.15) is 0 Å². The van der Waals surface area contributed by atoms with E-state index in [1.165, 1.54) is 11.8 Å². The van der Waals surface area contributed by atoms with Crippen LogP contribution in [0, 0.1) is 0 Å². The summed E-state index contributed by atoms with van der Waals surface area (Å²) in [5.41, 5.74) is 4.01. The molecule has 1 atom stereocenters. The zero-order valence-corrected chi connectivity index (χ0v) is 20.1. The molecule has 5 nitrogen and oxygen atoms in total. The normalized spacial score (nSPS) is 11.6. The first-order valence-electron chi connectivity index (χ1n) is 11.6. The van der Waals surface area contributed by atoms with Crippen LogP contribution in [0.5, 0.6) is 0 Å². The summed E-state index contributed by atoms with van der Waals surface area (Å²) < 4.78 is 0. The first-order valence-corrected chi connectivity index (χ1v) is 12.7. The molecule has 0 bridgehead atoms. The fourth-order valence-corrected chi connectivity index (χ4v) is 4.50. The molecule has 34 heavy (non-hydrogen) atoms. The van der Waals surface area contributed by atoms with E-state index < -0.39 is 0 Å². The average Bonchev–Trinajstić information content (AvgIpc) is 2.88. The zero-order valence-electron chi connectivity index (χ0n) is 19.3. The molecular formula is C28H32N2O3S. The van der Waals surface area contributed by atoms with Gasteiger partial charge in [0.1, 0.15) is 0 Å². The van der Waals surface area contributed by atoms with E-state index in [0.717, 1.165) is 41.6 Å². The number of aliphatic hydroxyl groups is 1. The van der Waals surface area contributed by atoms with E-state index in [1.54, 1.807) is 0 Å². The van der Waals surface area contributed by atoms with Crippen LogP contribution < -0.4 is 10.6 Å². The number of hydrogen-bond donors (Lipinski definition) is 3. The van der Waals surface area contributed by atoms with Gasteiger partial charge < -0.3 is 15.7 Å². The average molecular weight is 477 g/mol. The molecule has 0 saturated carbocycles. The smallest absolute Gasteiger partial charge is 0.230 e. The maximum atomic E-state index is 12.3. The van der Waals surface area contributed by atoms with Crippen molar-refractivity contribution in [2.75, 3.05) is 24.2 Å². The molecule has 0 saturated heterocycles. The second kappa shape index (κ2) is 14.2. The molecule has 0 heterocycles. The quantitative estimate of drug-likeness (QED) is 0.287. The largest absolute Gasteiger partial charge is 0.395 e. The summed E-state index contributed by atoms with van der Waals surface area (Å²) in [4.78, 5) is 24.4. The van der Waals surface area contributed by atoms with Gasteiger partial charge in [0.05, 0.1) is 17.6 Å². The van der Waals surface area contributed by atoms with Gasteiger partial charge in [-0.1, -0.05) is 79.2 Å². The first-order chi connectivity index (χ1) is 16.7. The summed E-state index contributed by atoms with van der Waals surface area (Å²) in [5.74, 6) is 0.280. The minimum Gasteiger partial charge on any atom is -0.395 e. The molecule has 0 fully saturated rings. The molecule has 178 valence electrons. The van der Waals surface area contributed by atoms with Crippen LogP contribution in [0.2, 0.25) is 0 Å². The van der Waals surface area contributed by atoms with E-state index in [2.05, 4.69) is 10.6 Å². The van der Waals surface area contributed by atoms with E-state index in [9.17, 15) is 14.7 Å². The summed E-state index contributed by atoms with van der Waals surface area (Å²) in [5, 5.41) is 15.4. The Labute approximate surface area is 206 Å². The topological polar surface area (TPSA) is 78.4 Å². The monoisotopic (exact) mass is 476 g/mol. The number of unbranched alkanes of at least 4 members (excludes halogenated alkanes) is 2. The highest BCUT2D eigenvalue weighted by molar-refractivity contribution is 8.00. The minimum atomic E-state index is -0.0983. The van der Waals surface area contributed by atoms with E-state index in [1.807, 2.05) is 84.9 Å². The lowest BCUT2D eigenvalue weighted by atomic mass is 10.1. The van der Waals surface area contributed by atoms with Gasteiger partial charge in [-0.3, -0.25) is 9.59 Å². The van der Waals surface area contributed by atoms with Crippen LogP contribution in [0.1, 0.15) is 36.5 Å². The van der Waals surface area contributed by atoms with Crippen LogP contribution in [0.4, 0.5) is 5.69 Å². The number of thioether (sulfide) groups is 1. The molecule has 0 aliphatic rings. The van der Waals surface area contributed by atoms with Crippen LogP contribution >= 0.6 is 11.8 Å². The maximum Gasteiger partial charge on any atom is 0.230 e. The number of carbonyl (C=O) groups is 2. The third-order valence-electron chi connectivity index (χ3n) is 5.41. The highest BCUT2D eigenvalue weighted by Gasteiger charge is 2.12. The highest BCUT2D eigenvalue weighted by atomic mass is 32.2. The Morgan fingerprint density at radius 2 is 1.50 bits per heavy atom. The summed E-state index contributed by atoms with van der Waals surface area (Å²) in [6, 6.07) is 27.7. The van der Waals surface area contributed by atoms with Crippen molar-refractivity contribution in [2.24, 2.45) is 0 Å². The molecule has 1 unspecified atom stereocenters. The van der Waals surface area contributed by atoms with Gasteiger partial charge in [0.25, 0.3) is 0 Å². The molecular weight excluding hydrogens is 444 g/mol. The lowest BCUT2D eigenvalue weighted by Gasteiger charge is -2.14. The van der Waals surface area contributed by atoms with Crippen LogP contribution in [-0.2, 0) is 9.59 Å². The van der Waals surface area contributed by atoms with Gasteiger partial charge in [-0.15, -0.1) is 11.8 Å². The number of nitrogens with one attached hydrogen (secondary N) is 2. The van der Waals surface area contributed by atoms with Crippen LogP contribution in [0.3, 0.4) is 0 Å². The summed E-state index contributed by atoms with van der Waals surface area (Å²) in [6.07, 6.45) is 2.92. The van der Waals surface area contributed by atoms with Gasteiger partial charge in [-0.05, 0) is 41.7 Å². The van der Waals surface area contributed by atoms with Crippen molar-refractivity contribution in [1.82, 2.24) is 5.32 Å². The Morgan fingerprint density at radius 1 is 0.794 bits per heavy atom. The van der Waals surface area contributed by atoms with Crippen LogP contribution in [0.15, 0.2) is 84.9 Å². The van der Waals surface area contributed by atoms with Crippen LogP contribution in [-0.4, -0.2) is 35.8 Å². The predicted molar refractivity (Wildman–Crippen MR) is 141 cm³/mol. The Kier molecular flexibility index (Phi) is 10.7. The van der Waals surface area contributed by atoms with E-state index in [-0.39, 0.29) is 23.7 Å². The van der Waals surface area contributed by atoms with Crippen molar-refractivity contribution in [2.45, 2.75) is 30.9 Å². The van der Waals surface area contributed by atoms with Crippen molar-refractivity contribution in [1.29, 1.82) is 0 Å². The van der Waals surface area contributed by atoms with E-state index in [4.69, 9.17) is 0 Å². The number of anilines is 1. The summed E-state index contributed by atoms with van der Waals surface area (Å²) in [7, 11) is 0. The van der Waals surface area contributed by atoms with Gasteiger partial charge in [-0.25, -0.2) is 0 Å². The molecule has 0 spiro atoms. The van der Waals surface area contributed by atoms with E-state index in [0.29, 0.717) is 18.7 Å². The van der Waals surface area contributed by atoms with Crippen molar-refractivity contribution in [3.05, 3.63) is 90.5 Å². The van der Waals surface area contributed by atoms with Crippen LogP contribution in [0.25, 0.3) is 11.1 Å². The molecule has 3 N–H and O–H groups in total. The molecule has 3 rings (SSSR count).